The number of unbranched alkanes of at least 4 members (excludes halogenated alkanes) is 1. The number of carbonyl (C=O) groups is 2. The molecule has 2 aromatic carbocycles. The molecule has 1 aromatic heterocycles. The van der Waals surface area contributed by atoms with E-state index in [1.165, 1.54) is 4.90 Å². The first-order valence-corrected chi connectivity index (χ1v) is 11.6. The number of ether oxygens (including phenoxy) is 1. The van der Waals surface area contributed by atoms with Crippen LogP contribution in [0.3, 0.4) is 0 Å². The van der Waals surface area contributed by atoms with Crippen molar-refractivity contribution in [2.24, 2.45) is 0 Å². The summed E-state index contributed by atoms with van der Waals surface area (Å²) in [5.74, 6) is 0.625. The molecule has 0 saturated carbocycles. The number of rotatable bonds is 7. The van der Waals surface area contributed by atoms with Crippen LogP contribution < -0.4 is 4.74 Å². The topological polar surface area (TPSA) is 65.6 Å². The molecule has 6 nitrogen and oxygen atoms in total. The molecular formula is C27H29N3O3. The van der Waals surface area contributed by atoms with Crippen molar-refractivity contribution in [1.29, 1.82) is 0 Å². The van der Waals surface area contributed by atoms with Crippen molar-refractivity contribution in [2.75, 3.05) is 13.2 Å². The van der Waals surface area contributed by atoms with Gasteiger partial charge in [0.05, 0.1) is 0 Å². The SMILES string of the molecule is C=C(C)COc1cccc([C@@H]2c3[nH]c4ccccc4c3C[C@H]3C(=O)N(CCCC)C(=O)N23)c1. The van der Waals surface area contributed by atoms with Gasteiger partial charge in [-0.1, -0.05) is 50.3 Å². The van der Waals surface area contributed by atoms with Gasteiger partial charge in [0.1, 0.15) is 24.4 Å². The first-order chi connectivity index (χ1) is 16.0. The number of imide groups is 1. The zero-order valence-corrected chi connectivity index (χ0v) is 19.1. The van der Waals surface area contributed by atoms with Crippen molar-refractivity contribution < 1.29 is 14.3 Å². The van der Waals surface area contributed by atoms with Crippen molar-refractivity contribution in [1.82, 2.24) is 14.8 Å². The molecule has 3 heterocycles. The smallest absolute Gasteiger partial charge is 0.328 e. The summed E-state index contributed by atoms with van der Waals surface area (Å²) in [6.07, 6.45) is 2.26. The lowest BCUT2D eigenvalue weighted by atomic mass is 9.89. The maximum absolute atomic E-state index is 13.5. The van der Waals surface area contributed by atoms with Gasteiger partial charge in [-0.3, -0.25) is 14.6 Å². The molecule has 2 atom stereocenters. The van der Waals surface area contributed by atoms with Crippen LogP contribution in [-0.2, 0) is 11.2 Å². The summed E-state index contributed by atoms with van der Waals surface area (Å²) in [7, 11) is 0. The number of benzene rings is 2. The molecule has 1 N–H and O–H groups in total. The van der Waals surface area contributed by atoms with Crippen LogP contribution in [0, 0.1) is 0 Å². The normalized spacial score (nSPS) is 19.7. The number of hydrogen-bond donors (Lipinski definition) is 1. The maximum atomic E-state index is 13.5. The van der Waals surface area contributed by atoms with E-state index in [-0.39, 0.29) is 18.0 Å². The minimum absolute atomic E-state index is 0.0935. The Morgan fingerprint density at radius 2 is 2.00 bits per heavy atom. The van der Waals surface area contributed by atoms with Gasteiger partial charge in [-0.25, -0.2) is 4.79 Å². The number of aromatic amines is 1. The highest BCUT2D eigenvalue weighted by molar-refractivity contribution is 6.05. The molecule has 2 aliphatic heterocycles. The van der Waals surface area contributed by atoms with Crippen LogP contribution in [0.15, 0.2) is 60.7 Å². The Kier molecular flexibility index (Phi) is 5.44. The van der Waals surface area contributed by atoms with Crippen LogP contribution in [-0.4, -0.2) is 45.9 Å². The highest BCUT2D eigenvalue weighted by Gasteiger charge is 2.52. The second-order valence-electron chi connectivity index (χ2n) is 9.04. The number of H-pyrrole nitrogens is 1. The van der Waals surface area contributed by atoms with E-state index in [0.29, 0.717) is 19.6 Å². The summed E-state index contributed by atoms with van der Waals surface area (Å²) in [4.78, 5) is 33.7. The summed E-state index contributed by atoms with van der Waals surface area (Å²) in [5.41, 5.74) is 4.96. The van der Waals surface area contributed by atoms with Crippen molar-refractivity contribution in [2.45, 2.75) is 45.2 Å². The van der Waals surface area contributed by atoms with Crippen LogP contribution in [0.2, 0.25) is 0 Å². The highest BCUT2D eigenvalue weighted by atomic mass is 16.5. The predicted molar refractivity (Wildman–Crippen MR) is 128 cm³/mol. The number of amides is 3. The molecule has 5 rings (SSSR count). The summed E-state index contributed by atoms with van der Waals surface area (Å²) in [6, 6.07) is 14.9. The third-order valence-electron chi connectivity index (χ3n) is 6.53. The van der Waals surface area contributed by atoms with Gasteiger partial charge in [-0.15, -0.1) is 0 Å². The Bertz CT molecular complexity index is 1240. The molecule has 6 heteroatoms. The maximum Gasteiger partial charge on any atom is 0.328 e. The van der Waals surface area contributed by atoms with E-state index in [2.05, 4.69) is 24.6 Å². The van der Waals surface area contributed by atoms with Crippen molar-refractivity contribution in [3.63, 3.8) is 0 Å². The summed E-state index contributed by atoms with van der Waals surface area (Å²) in [6.45, 7) is 8.79. The Labute approximate surface area is 193 Å². The van der Waals surface area contributed by atoms with E-state index in [1.807, 2.05) is 49.4 Å². The zero-order chi connectivity index (χ0) is 23.1. The van der Waals surface area contributed by atoms with E-state index < -0.39 is 6.04 Å². The first-order valence-electron chi connectivity index (χ1n) is 11.6. The second-order valence-corrected chi connectivity index (χ2v) is 9.04. The fourth-order valence-electron chi connectivity index (χ4n) is 4.98. The fraction of sp³-hybridized carbons (Fsp3) is 0.333. The molecule has 1 saturated heterocycles. The molecule has 0 aliphatic carbocycles. The van der Waals surface area contributed by atoms with Crippen LogP contribution in [0.5, 0.6) is 5.75 Å². The number of para-hydroxylation sites is 1. The average Bonchev–Trinajstić information content (AvgIpc) is 3.30. The number of nitrogens with zero attached hydrogens (tertiary/aromatic N) is 2. The average molecular weight is 444 g/mol. The molecular weight excluding hydrogens is 414 g/mol. The summed E-state index contributed by atoms with van der Waals surface area (Å²) < 4.78 is 5.89. The molecule has 3 amide bonds. The number of carbonyl (C=O) groups excluding carboxylic acids is 2. The molecule has 170 valence electrons. The lowest BCUT2D eigenvalue weighted by Crippen LogP contribution is -2.44. The predicted octanol–water partition coefficient (Wildman–Crippen LogP) is 5.20. The van der Waals surface area contributed by atoms with Gasteiger partial charge in [-0.05, 0) is 48.2 Å². The Balaban J connectivity index is 1.63. The van der Waals surface area contributed by atoms with Gasteiger partial charge in [-0.2, -0.15) is 0 Å². The summed E-state index contributed by atoms with van der Waals surface area (Å²) >= 11 is 0. The van der Waals surface area contributed by atoms with Gasteiger partial charge < -0.3 is 9.72 Å². The lowest BCUT2D eigenvalue weighted by Gasteiger charge is -2.36. The monoisotopic (exact) mass is 443 g/mol. The molecule has 0 unspecified atom stereocenters. The molecule has 33 heavy (non-hydrogen) atoms. The zero-order valence-electron chi connectivity index (χ0n) is 19.1. The third-order valence-corrected chi connectivity index (χ3v) is 6.53. The Morgan fingerprint density at radius 1 is 1.18 bits per heavy atom. The molecule has 3 aromatic rings. The third kappa shape index (κ3) is 3.59. The number of hydrogen-bond acceptors (Lipinski definition) is 3. The lowest BCUT2D eigenvalue weighted by molar-refractivity contribution is -0.128. The van der Waals surface area contributed by atoms with E-state index in [1.54, 1.807) is 4.90 Å². The van der Waals surface area contributed by atoms with Gasteiger partial charge in [0, 0.05) is 29.6 Å². The van der Waals surface area contributed by atoms with Crippen LogP contribution in [0.1, 0.15) is 49.6 Å². The fourth-order valence-corrected chi connectivity index (χ4v) is 4.98. The van der Waals surface area contributed by atoms with Crippen LogP contribution in [0.25, 0.3) is 10.9 Å². The van der Waals surface area contributed by atoms with Crippen LogP contribution in [0.4, 0.5) is 4.79 Å². The van der Waals surface area contributed by atoms with Crippen molar-refractivity contribution in [3.05, 3.63) is 77.5 Å². The van der Waals surface area contributed by atoms with E-state index in [0.717, 1.165) is 51.9 Å². The standard InChI is InChI=1S/C27H29N3O3/c1-4-5-13-29-26(31)23-15-21-20-11-6-7-12-22(20)28-24(21)25(30(23)27(29)32)18-9-8-10-19(14-18)33-16-17(2)3/h6-12,14,23,25,28H,2,4-5,13,15-16H2,1,3H3/t23-,25+/m0/s1. The van der Waals surface area contributed by atoms with E-state index in [9.17, 15) is 9.59 Å². The van der Waals surface area contributed by atoms with E-state index >= 15 is 0 Å². The highest BCUT2D eigenvalue weighted by Crippen LogP contribution is 2.44. The Hall–Kier alpha value is -3.54. The molecule has 0 bridgehead atoms. The minimum atomic E-state index is -0.494. The number of aromatic nitrogens is 1. The van der Waals surface area contributed by atoms with E-state index in [4.69, 9.17) is 4.74 Å². The minimum Gasteiger partial charge on any atom is -0.489 e. The Morgan fingerprint density at radius 3 is 2.79 bits per heavy atom. The molecule has 2 aliphatic rings. The number of fused-ring (bicyclic) bond motifs is 4. The first kappa shape index (κ1) is 21.3. The van der Waals surface area contributed by atoms with Crippen LogP contribution >= 0.6 is 0 Å². The van der Waals surface area contributed by atoms with Gasteiger partial charge >= 0.3 is 6.03 Å². The van der Waals surface area contributed by atoms with Crippen molar-refractivity contribution in [3.8, 4) is 5.75 Å². The van der Waals surface area contributed by atoms with Gasteiger partial charge in [0.15, 0.2) is 0 Å². The summed E-state index contributed by atoms with van der Waals surface area (Å²) in [5, 5.41) is 1.11. The van der Waals surface area contributed by atoms with Crippen molar-refractivity contribution >= 4 is 22.8 Å². The second kappa shape index (κ2) is 8.43. The quantitative estimate of drug-likeness (QED) is 0.403. The van der Waals surface area contributed by atoms with Gasteiger partial charge in [0.25, 0.3) is 5.91 Å². The number of nitrogens with one attached hydrogen (secondary N) is 1. The largest absolute Gasteiger partial charge is 0.489 e. The molecule has 0 spiro atoms. The molecule has 1 fully saturated rings. The molecule has 0 radical (unpaired) electrons. The number of urea groups is 1. The van der Waals surface area contributed by atoms with Gasteiger partial charge in [0.2, 0.25) is 0 Å².